The molecule has 2 aromatic carbocycles. The normalized spacial score (nSPS) is 25.9. The molecule has 0 unspecified atom stereocenters. The molecule has 1 aliphatic carbocycles. The maximum atomic E-state index is 12.9. The zero-order valence-corrected chi connectivity index (χ0v) is 22.0. The third-order valence-electron chi connectivity index (χ3n) is 6.97. The van der Waals surface area contributed by atoms with Crippen LogP contribution in [-0.4, -0.2) is 85.0 Å². The molecule has 5 N–H and O–H groups in total. The van der Waals surface area contributed by atoms with Crippen LogP contribution in [0, 0.1) is 0 Å². The predicted molar refractivity (Wildman–Crippen MR) is 137 cm³/mol. The number of fused-ring (bicyclic) bond motifs is 3. The van der Waals surface area contributed by atoms with Gasteiger partial charge in [-0.3, -0.25) is 9.59 Å². The fourth-order valence-corrected chi connectivity index (χ4v) is 5.09. The molecule has 212 valence electrons. The zero-order valence-electron chi connectivity index (χ0n) is 22.0. The Bertz CT molecular complexity index is 1280. The molecule has 12 nitrogen and oxygen atoms in total. The van der Waals surface area contributed by atoms with Crippen LogP contribution in [0.1, 0.15) is 30.5 Å². The number of ether oxygens (including phenoxy) is 5. The van der Waals surface area contributed by atoms with Gasteiger partial charge in [-0.25, -0.2) is 0 Å². The van der Waals surface area contributed by atoms with Crippen molar-refractivity contribution in [2.75, 3.05) is 27.9 Å². The fraction of sp³-hybridized carbons (Fsp3) is 0.481. The van der Waals surface area contributed by atoms with E-state index in [1.807, 2.05) is 0 Å². The van der Waals surface area contributed by atoms with E-state index in [1.54, 1.807) is 18.2 Å². The van der Waals surface area contributed by atoms with Gasteiger partial charge in [0.05, 0.1) is 34.0 Å². The summed E-state index contributed by atoms with van der Waals surface area (Å²) in [6.45, 7) is 0.786. The van der Waals surface area contributed by atoms with E-state index in [0.29, 0.717) is 29.5 Å². The third-order valence-corrected chi connectivity index (χ3v) is 6.97. The highest BCUT2D eigenvalue weighted by atomic mass is 16.7. The average molecular weight is 548 g/mol. The van der Waals surface area contributed by atoms with Crippen LogP contribution in [0.15, 0.2) is 29.1 Å². The standard InChI is InChI=1S/C27H33NO11/c1-12(30)28-16-7-5-13-9-19(38-27-24(34)23(33)22(32)20(11-29)39-27)25(36-3)26(37-4)21(13)14-6-8-18(35-2)17(31)10-15(14)16/h6,8-10,16,20,22-24,27,29,32-34H,5,7,11H2,1-4H3,(H,28,30)/t16-,20+,22-,23-,24-,27+/m1/s1. The molecule has 1 saturated heterocycles. The van der Waals surface area contributed by atoms with E-state index in [-0.39, 0.29) is 34.3 Å². The minimum Gasteiger partial charge on any atom is -0.493 e. The van der Waals surface area contributed by atoms with Crippen molar-refractivity contribution in [3.8, 4) is 34.1 Å². The highest BCUT2D eigenvalue weighted by Crippen LogP contribution is 2.50. The summed E-state index contributed by atoms with van der Waals surface area (Å²) in [5, 5.41) is 43.3. The lowest BCUT2D eigenvalue weighted by molar-refractivity contribution is -0.277. The molecule has 0 bridgehead atoms. The number of aliphatic hydroxyl groups is 4. The number of benzene rings is 1. The minimum absolute atomic E-state index is 0.111. The number of hydrogen-bond donors (Lipinski definition) is 5. The number of amides is 1. The lowest BCUT2D eigenvalue weighted by Gasteiger charge is -2.39. The molecule has 1 heterocycles. The van der Waals surface area contributed by atoms with Crippen molar-refractivity contribution in [1.29, 1.82) is 0 Å². The Hall–Kier alpha value is -3.42. The van der Waals surface area contributed by atoms with E-state index in [9.17, 15) is 30.0 Å². The van der Waals surface area contributed by atoms with E-state index in [4.69, 9.17) is 23.7 Å². The minimum atomic E-state index is -1.64. The second kappa shape index (κ2) is 11.8. The fourth-order valence-electron chi connectivity index (χ4n) is 5.09. The molecular formula is C27H33NO11. The Balaban J connectivity index is 1.89. The molecule has 12 heteroatoms. The first kappa shape index (κ1) is 28.6. The second-order valence-corrected chi connectivity index (χ2v) is 9.36. The molecule has 39 heavy (non-hydrogen) atoms. The summed E-state index contributed by atoms with van der Waals surface area (Å²) in [5.74, 6) is 0.368. The number of nitrogens with one attached hydrogen (secondary N) is 1. The average Bonchev–Trinajstić information content (AvgIpc) is 3.16. The van der Waals surface area contributed by atoms with Crippen LogP contribution in [0.25, 0.3) is 11.1 Å². The number of carbonyl (C=O) groups is 1. The number of hydrogen-bond acceptors (Lipinski definition) is 11. The van der Waals surface area contributed by atoms with E-state index >= 15 is 0 Å². The van der Waals surface area contributed by atoms with Crippen molar-refractivity contribution >= 4 is 5.91 Å². The summed E-state index contributed by atoms with van der Waals surface area (Å²) >= 11 is 0. The second-order valence-electron chi connectivity index (χ2n) is 9.36. The predicted octanol–water partition coefficient (Wildman–Crippen LogP) is 0.0417. The number of aliphatic hydroxyl groups excluding tert-OH is 4. The van der Waals surface area contributed by atoms with Crippen LogP contribution in [0.4, 0.5) is 0 Å². The number of carbonyl (C=O) groups excluding carboxylic acids is 1. The van der Waals surface area contributed by atoms with Gasteiger partial charge in [0.2, 0.25) is 23.4 Å². The Morgan fingerprint density at radius 3 is 2.33 bits per heavy atom. The van der Waals surface area contributed by atoms with Gasteiger partial charge >= 0.3 is 0 Å². The topological polar surface area (TPSA) is 173 Å². The summed E-state index contributed by atoms with van der Waals surface area (Å²) in [6.07, 6.45) is -6.56. The highest BCUT2D eigenvalue weighted by molar-refractivity contribution is 5.83. The van der Waals surface area contributed by atoms with Crippen molar-refractivity contribution in [2.45, 2.75) is 56.5 Å². The van der Waals surface area contributed by atoms with Gasteiger partial charge < -0.3 is 49.4 Å². The Kier molecular flexibility index (Phi) is 8.62. The highest BCUT2D eigenvalue weighted by Gasteiger charge is 2.45. The van der Waals surface area contributed by atoms with Crippen LogP contribution >= 0.6 is 0 Å². The summed E-state index contributed by atoms with van der Waals surface area (Å²) < 4.78 is 28.1. The summed E-state index contributed by atoms with van der Waals surface area (Å²) in [7, 11) is 4.23. The van der Waals surface area contributed by atoms with Gasteiger partial charge in [0.15, 0.2) is 17.2 Å². The van der Waals surface area contributed by atoms with Gasteiger partial charge in [0, 0.05) is 12.5 Å². The molecule has 0 radical (unpaired) electrons. The van der Waals surface area contributed by atoms with Crippen LogP contribution in [0.2, 0.25) is 0 Å². The lowest BCUT2D eigenvalue weighted by atomic mass is 9.95. The molecule has 1 aliphatic heterocycles. The number of aryl methyl sites for hydroxylation is 1. The van der Waals surface area contributed by atoms with E-state index < -0.39 is 43.4 Å². The third kappa shape index (κ3) is 5.38. The van der Waals surface area contributed by atoms with Gasteiger partial charge in [0.1, 0.15) is 24.4 Å². The SMILES string of the molecule is COc1c(O[C@H]2O[C@@H](CO)[C@@H](O)[C@@H](O)[C@H]2O)cc2c(c1OC)-c1ccc(OC)c(=O)cc1[C@H](NC(C)=O)CC2. The van der Waals surface area contributed by atoms with Crippen LogP contribution < -0.4 is 29.7 Å². The molecule has 0 spiro atoms. The Labute approximate surface area is 224 Å². The first-order chi connectivity index (χ1) is 18.6. The molecular weight excluding hydrogens is 514 g/mol. The number of rotatable bonds is 7. The van der Waals surface area contributed by atoms with Crippen LogP contribution in [0.5, 0.6) is 23.0 Å². The molecule has 2 aliphatic rings. The quantitative estimate of drug-likeness (QED) is 0.317. The van der Waals surface area contributed by atoms with E-state index in [1.165, 1.54) is 34.3 Å². The van der Waals surface area contributed by atoms with Crippen LogP contribution in [-0.2, 0) is 16.0 Å². The molecule has 0 saturated carbocycles. The molecule has 6 atom stereocenters. The van der Waals surface area contributed by atoms with Crippen molar-refractivity contribution in [3.63, 3.8) is 0 Å². The van der Waals surface area contributed by atoms with E-state index in [2.05, 4.69) is 5.32 Å². The molecule has 4 rings (SSSR count). The summed E-state index contributed by atoms with van der Waals surface area (Å²) in [5.41, 5.74) is 2.15. The first-order valence-electron chi connectivity index (χ1n) is 12.4. The van der Waals surface area contributed by atoms with Crippen molar-refractivity contribution in [2.24, 2.45) is 0 Å². The smallest absolute Gasteiger partial charge is 0.229 e. The first-order valence-corrected chi connectivity index (χ1v) is 12.4. The largest absolute Gasteiger partial charge is 0.493 e. The monoisotopic (exact) mass is 547 g/mol. The molecule has 2 aromatic rings. The van der Waals surface area contributed by atoms with Crippen molar-refractivity contribution < 1.29 is 48.9 Å². The Morgan fingerprint density at radius 2 is 1.72 bits per heavy atom. The Morgan fingerprint density at radius 1 is 1.00 bits per heavy atom. The van der Waals surface area contributed by atoms with Gasteiger partial charge in [-0.05, 0) is 47.7 Å². The molecule has 1 fully saturated rings. The van der Waals surface area contributed by atoms with E-state index in [0.717, 1.165) is 5.56 Å². The number of methoxy groups -OCH3 is 3. The van der Waals surface area contributed by atoms with Gasteiger partial charge in [-0.2, -0.15) is 0 Å². The van der Waals surface area contributed by atoms with Crippen molar-refractivity contribution in [3.05, 3.63) is 45.6 Å². The van der Waals surface area contributed by atoms with Gasteiger partial charge in [-0.15, -0.1) is 0 Å². The summed E-state index contributed by atoms with van der Waals surface area (Å²) in [4.78, 5) is 24.9. The van der Waals surface area contributed by atoms with Gasteiger partial charge in [-0.1, -0.05) is 6.07 Å². The maximum Gasteiger partial charge on any atom is 0.229 e. The zero-order chi connectivity index (χ0) is 28.4. The molecule has 1 amide bonds. The lowest BCUT2D eigenvalue weighted by Crippen LogP contribution is -2.60. The summed E-state index contributed by atoms with van der Waals surface area (Å²) in [6, 6.07) is 5.87. The molecule has 0 aromatic heterocycles. The van der Waals surface area contributed by atoms with Crippen LogP contribution in [0.3, 0.4) is 0 Å². The van der Waals surface area contributed by atoms with Crippen molar-refractivity contribution in [1.82, 2.24) is 5.32 Å². The van der Waals surface area contributed by atoms with Gasteiger partial charge in [0.25, 0.3) is 0 Å². The maximum absolute atomic E-state index is 12.9.